The molecule has 0 radical (unpaired) electrons. The van der Waals surface area contributed by atoms with E-state index in [2.05, 4.69) is 10.3 Å². The van der Waals surface area contributed by atoms with Gasteiger partial charge >= 0.3 is 0 Å². The summed E-state index contributed by atoms with van der Waals surface area (Å²) in [6.07, 6.45) is 5.24. The van der Waals surface area contributed by atoms with Gasteiger partial charge in [0.2, 0.25) is 0 Å². The molecule has 19 heavy (non-hydrogen) atoms. The molecule has 1 atom stereocenters. The minimum atomic E-state index is -0.270. The van der Waals surface area contributed by atoms with Gasteiger partial charge in [0.15, 0.2) is 0 Å². The van der Waals surface area contributed by atoms with Crippen LogP contribution in [-0.4, -0.2) is 26.6 Å². The molecule has 1 heterocycles. The first-order chi connectivity index (χ1) is 9.06. The lowest BCUT2D eigenvalue weighted by Crippen LogP contribution is -2.35. The topological polar surface area (TPSA) is 67.2 Å². The minimum Gasteiger partial charge on any atom is -0.507 e. The zero-order valence-electron chi connectivity index (χ0n) is 11.0. The van der Waals surface area contributed by atoms with Crippen molar-refractivity contribution in [2.45, 2.75) is 26.4 Å². The van der Waals surface area contributed by atoms with Gasteiger partial charge in [-0.15, -0.1) is 0 Å². The molecule has 0 aliphatic carbocycles. The van der Waals surface area contributed by atoms with Gasteiger partial charge in [0, 0.05) is 25.0 Å². The lowest BCUT2D eigenvalue weighted by Gasteiger charge is -2.15. The van der Waals surface area contributed by atoms with Crippen molar-refractivity contribution < 1.29 is 9.90 Å². The molecule has 0 saturated carbocycles. The average Bonchev–Trinajstić information content (AvgIpc) is 2.84. The Bertz CT molecular complexity index is 564. The zero-order valence-corrected chi connectivity index (χ0v) is 11.0. The van der Waals surface area contributed by atoms with E-state index in [-0.39, 0.29) is 17.7 Å². The summed E-state index contributed by atoms with van der Waals surface area (Å²) in [7, 11) is 0. The number of aryl methyl sites for hydroxylation is 1. The number of nitrogens with zero attached hydrogens (tertiary/aromatic N) is 2. The Labute approximate surface area is 111 Å². The smallest absolute Gasteiger partial charge is 0.255 e. The zero-order chi connectivity index (χ0) is 13.8. The van der Waals surface area contributed by atoms with Crippen molar-refractivity contribution >= 4 is 5.91 Å². The summed E-state index contributed by atoms with van der Waals surface area (Å²) in [5, 5.41) is 12.6. The number of hydrogen-bond acceptors (Lipinski definition) is 3. The number of aromatic hydroxyl groups is 1. The summed E-state index contributed by atoms with van der Waals surface area (Å²) in [6.45, 7) is 4.42. The van der Waals surface area contributed by atoms with E-state index >= 15 is 0 Å². The summed E-state index contributed by atoms with van der Waals surface area (Å²) < 4.78 is 1.89. The molecule has 0 saturated heterocycles. The van der Waals surface area contributed by atoms with Crippen molar-refractivity contribution in [2.75, 3.05) is 0 Å². The second-order valence-corrected chi connectivity index (χ2v) is 4.65. The van der Waals surface area contributed by atoms with Crippen LogP contribution in [0.5, 0.6) is 5.75 Å². The number of hydrogen-bond donors (Lipinski definition) is 2. The third-order valence-corrected chi connectivity index (χ3v) is 2.82. The highest BCUT2D eigenvalue weighted by Gasteiger charge is 2.14. The Morgan fingerprint density at radius 3 is 3.00 bits per heavy atom. The molecule has 2 rings (SSSR count). The molecule has 5 heteroatoms. The normalized spacial score (nSPS) is 12.1. The van der Waals surface area contributed by atoms with Gasteiger partial charge in [-0.2, -0.15) is 0 Å². The van der Waals surface area contributed by atoms with E-state index in [1.165, 1.54) is 6.07 Å². The summed E-state index contributed by atoms with van der Waals surface area (Å²) in [5.74, 6) is -0.272. The number of phenolic OH excluding ortho intramolecular Hbond substituents is 1. The van der Waals surface area contributed by atoms with Crippen molar-refractivity contribution in [3.05, 3.63) is 48.0 Å². The van der Waals surface area contributed by atoms with E-state index in [9.17, 15) is 9.90 Å². The van der Waals surface area contributed by atoms with Crippen LogP contribution in [-0.2, 0) is 6.54 Å². The maximum atomic E-state index is 12.1. The van der Waals surface area contributed by atoms with Crippen LogP contribution in [0.3, 0.4) is 0 Å². The molecule has 1 amide bonds. The molecule has 100 valence electrons. The molecule has 1 unspecified atom stereocenters. The summed E-state index contributed by atoms with van der Waals surface area (Å²) >= 11 is 0. The van der Waals surface area contributed by atoms with Gasteiger partial charge in [0.05, 0.1) is 11.9 Å². The Balaban J connectivity index is 2.02. The van der Waals surface area contributed by atoms with Crippen molar-refractivity contribution in [3.63, 3.8) is 0 Å². The Hall–Kier alpha value is -2.30. The number of phenols is 1. The van der Waals surface area contributed by atoms with Crippen LogP contribution in [0.1, 0.15) is 22.8 Å². The van der Waals surface area contributed by atoms with Gasteiger partial charge in [0.25, 0.3) is 5.91 Å². The number of imidazole rings is 1. The van der Waals surface area contributed by atoms with Crippen LogP contribution in [0, 0.1) is 6.92 Å². The highest BCUT2D eigenvalue weighted by Crippen LogP contribution is 2.18. The first-order valence-electron chi connectivity index (χ1n) is 6.12. The number of rotatable bonds is 4. The van der Waals surface area contributed by atoms with E-state index in [1.807, 2.05) is 24.6 Å². The van der Waals surface area contributed by atoms with Gasteiger partial charge in [-0.05, 0) is 26.0 Å². The number of aromatic nitrogens is 2. The van der Waals surface area contributed by atoms with E-state index < -0.39 is 0 Å². The highest BCUT2D eigenvalue weighted by molar-refractivity contribution is 5.97. The molecule has 0 fully saturated rings. The Morgan fingerprint density at radius 2 is 2.32 bits per heavy atom. The highest BCUT2D eigenvalue weighted by atomic mass is 16.3. The summed E-state index contributed by atoms with van der Waals surface area (Å²) in [6, 6.07) is 4.92. The van der Waals surface area contributed by atoms with Gasteiger partial charge in [-0.25, -0.2) is 4.98 Å². The summed E-state index contributed by atoms with van der Waals surface area (Å²) in [5.41, 5.74) is 1.24. The standard InChI is InChI=1S/C14H17N3O2/c1-10-3-4-13(18)12(7-10)14(19)16-11(2)8-17-6-5-15-9-17/h3-7,9,11,18H,8H2,1-2H3,(H,16,19). The van der Waals surface area contributed by atoms with Crippen LogP contribution in [0.2, 0.25) is 0 Å². The molecule has 2 N–H and O–H groups in total. The Kier molecular flexibility index (Phi) is 3.85. The molecule has 1 aromatic carbocycles. The van der Waals surface area contributed by atoms with Crippen molar-refractivity contribution in [1.29, 1.82) is 0 Å². The fourth-order valence-electron chi connectivity index (χ4n) is 1.89. The first-order valence-corrected chi connectivity index (χ1v) is 6.12. The fraction of sp³-hybridized carbons (Fsp3) is 0.286. The minimum absolute atomic E-state index is 0.00192. The SMILES string of the molecule is Cc1ccc(O)c(C(=O)NC(C)Cn2ccnc2)c1. The lowest BCUT2D eigenvalue weighted by molar-refractivity contribution is 0.0934. The first kappa shape index (κ1) is 13.1. The summed E-state index contributed by atoms with van der Waals surface area (Å²) in [4.78, 5) is 16.0. The number of benzene rings is 1. The van der Waals surface area contributed by atoms with Gasteiger partial charge in [-0.1, -0.05) is 11.6 Å². The van der Waals surface area contributed by atoms with Crippen molar-refractivity contribution in [3.8, 4) is 5.75 Å². The van der Waals surface area contributed by atoms with Gasteiger partial charge in [-0.3, -0.25) is 4.79 Å². The predicted octanol–water partition coefficient (Wildman–Crippen LogP) is 1.72. The molecule has 0 aliphatic rings. The molecule has 0 aliphatic heterocycles. The van der Waals surface area contributed by atoms with E-state index in [4.69, 9.17) is 0 Å². The number of carbonyl (C=O) groups excluding carboxylic acids is 1. The monoisotopic (exact) mass is 259 g/mol. The van der Waals surface area contributed by atoms with Crippen LogP contribution in [0.4, 0.5) is 0 Å². The third kappa shape index (κ3) is 3.34. The number of carbonyl (C=O) groups is 1. The van der Waals surface area contributed by atoms with Crippen LogP contribution >= 0.6 is 0 Å². The molecule has 0 bridgehead atoms. The van der Waals surface area contributed by atoms with E-state index in [0.717, 1.165) is 5.56 Å². The molecule has 5 nitrogen and oxygen atoms in total. The second-order valence-electron chi connectivity index (χ2n) is 4.65. The van der Waals surface area contributed by atoms with Gasteiger partial charge in [0.1, 0.15) is 5.75 Å². The Morgan fingerprint density at radius 1 is 1.53 bits per heavy atom. The van der Waals surface area contributed by atoms with Crippen molar-refractivity contribution in [2.24, 2.45) is 0 Å². The van der Waals surface area contributed by atoms with Crippen LogP contribution in [0.15, 0.2) is 36.9 Å². The average molecular weight is 259 g/mol. The maximum Gasteiger partial charge on any atom is 0.255 e. The van der Waals surface area contributed by atoms with E-state index in [1.54, 1.807) is 24.7 Å². The predicted molar refractivity (Wildman–Crippen MR) is 72.0 cm³/mol. The molecule has 0 spiro atoms. The third-order valence-electron chi connectivity index (χ3n) is 2.82. The molecular weight excluding hydrogens is 242 g/mol. The fourth-order valence-corrected chi connectivity index (χ4v) is 1.89. The number of amides is 1. The quantitative estimate of drug-likeness (QED) is 0.878. The lowest BCUT2D eigenvalue weighted by atomic mass is 10.1. The molecule has 1 aromatic heterocycles. The van der Waals surface area contributed by atoms with Crippen LogP contribution < -0.4 is 5.32 Å². The van der Waals surface area contributed by atoms with Gasteiger partial charge < -0.3 is 15.0 Å². The van der Waals surface area contributed by atoms with E-state index in [0.29, 0.717) is 12.1 Å². The second kappa shape index (κ2) is 5.56. The van der Waals surface area contributed by atoms with Crippen molar-refractivity contribution in [1.82, 2.24) is 14.9 Å². The molecule has 2 aromatic rings. The van der Waals surface area contributed by atoms with Crippen LogP contribution in [0.25, 0.3) is 0 Å². The number of nitrogens with one attached hydrogen (secondary N) is 1. The molecular formula is C14H17N3O2. The largest absolute Gasteiger partial charge is 0.507 e. The maximum absolute atomic E-state index is 12.1.